The number of hydrogen-bond donors (Lipinski definition) is 1. The zero-order valence-electron chi connectivity index (χ0n) is 16.5. The second kappa shape index (κ2) is 8.86. The van der Waals surface area contributed by atoms with Gasteiger partial charge in [-0.15, -0.1) is 0 Å². The van der Waals surface area contributed by atoms with E-state index in [1.807, 2.05) is 19.1 Å². The predicted molar refractivity (Wildman–Crippen MR) is 111 cm³/mol. The summed E-state index contributed by atoms with van der Waals surface area (Å²) in [6, 6.07) is 8.50. The van der Waals surface area contributed by atoms with Crippen LogP contribution < -0.4 is 15.8 Å². The number of benzene rings is 1. The molecular weight excluding hydrogens is 338 g/mol. The van der Waals surface area contributed by atoms with E-state index in [0.717, 1.165) is 37.4 Å². The van der Waals surface area contributed by atoms with E-state index in [1.54, 1.807) is 13.2 Å². The fourth-order valence-electron chi connectivity index (χ4n) is 3.38. The van der Waals surface area contributed by atoms with Crippen molar-refractivity contribution < 1.29 is 0 Å². The van der Waals surface area contributed by atoms with E-state index in [9.17, 15) is 4.79 Å². The van der Waals surface area contributed by atoms with Crippen molar-refractivity contribution in [1.29, 1.82) is 0 Å². The molecule has 6 nitrogen and oxygen atoms in total. The largest absolute Gasteiger partial charge is 0.379 e. The number of rotatable bonds is 6. The lowest BCUT2D eigenvalue weighted by Gasteiger charge is -2.35. The summed E-state index contributed by atoms with van der Waals surface area (Å²) in [6.07, 6.45) is 6.32. The summed E-state index contributed by atoms with van der Waals surface area (Å²) in [5.41, 5.74) is 4.02. The molecule has 0 bridgehead atoms. The Balaban J connectivity index is 1.80. The molecule has 2 heterocycles. The van der Waals surface area contributed by atoms with Crippen LogP contribution in [0.3, 0.4) is 0 Å². The molecule has 0 amide bonds. The van der Waals surface area contributed by atoms with Crippen molar-refractivity contribution in [3.05, 3.63) is 64.1 Å². The van der Waals surface area contributed by atoms with Gasteiger partial charge in [-0.2, -0.15) is 5.10 Å². The number of nitrogens with zero attached hydrogens (tertiary/aromatic N) is 4. The Morgan fingerprint density at radius 2 is 1.89 bits per heavy atom. The average molecular weight is 367 g/mol. The van der Waals surface area contributed by atoms with Crippen LogP contribution in [0.5, 0.6) is 0 Å². The minimum absolute atomic E-state index is 0.0505. The second-order valence-electron chi connectivity index (χ2n) is 7.01. The molecule has 6 heteroatoms. The van der Waals surface area contributed by atoms with E-state index in [0.29, 0.717) is 13.0 Å². The van der Waals surface area contributed by atoms with E-state index < -0.39 is 0 Å². The van der Waals surface area contributed by atoms with Gasteiger partial charge in [0, 0.05) is 51.0 Å². The van der Waals surface area contributed by atoms with Crippen molar-refractivity contribution in [3.8, 4) is 0 Å². The van der Waals surface area contributed by atoms with Gasteiger partial charge in [-0.1, -0.05) is 30.4 Å². The van der Waals surface area contributed by atoms with Gasteiger partial charge < -0.3 is 15.1 Å². The van der Waals surface area contributed by atoms with Crippen LogP contribution >= 0.6 is 0 Å². The molecule has 3 rings (SSSR count). The maximum atomic E-state index is 12.5. The Hall–Kier alpha value is -2.60. The van der Waals surface area contributed by atoms with Crippen molar-refractivity contribution in [2.45, 2.75) is 19.9 Å². The molecular formula is C21H29N5O. The molecule has 0 saturated carbocycles. The molecule has 0 spiro atoms. The van der Waals surface area contributed by atoms with Crippen molar-refractivity contribution in [2.24, 2.45) is 7.05 Å². The van der Waals surface area contributed by atoms with Gasteiger partial charge in [-0.25, -0.2) is 4.68 Å². The number of hydrogen-bond acceptors (Lipinski definition) is 5. The van der Waals surface area contributed by atoms with E-state index in [4.69, 9.17) is 0 Å². The first-order valence-corrected chi connectivity index (χ1v) is 9.51. The third-order valence-electron chi connectivity index (χ3n) is 5.10. The monoisotopic (exact) mass is 367 g/mol. The minimum Gasteiger partial charge on any atom is -0.379 e. The Morgan fingerprint density at radius 3 is 2.63 bits per heavy atom. The van der Waals surface area contributed by atoms with Crippen LogP contribution in [-0.2, 0) is 20.0 Å². The fraction of sp³-hybridized carbons (Fsp3) is 0.429. The van der Waals surface area contributed by atoms with Gasteiger partial charge in [0.05, 0.1) is 11.9 Å². The number of nitrogens with one attached hydrogen (secondary N) is 1. The lowest BCUT2D eigenvalue weighted by Crippen LogP contribution is -2.44. The summed E-state index contributed by atoms with van der Waals surface area (Å²) in [7, 11) is 3.86. The lowest BCUT2D eigenvalue weighted by molar-refractivity contribution is 0.312. The van der Waals surface area contributed by atoms with E-state index in [-0.39, 0.29) is 5.56 Å². The third-order valence-corrected chi connectivity index (χ3v) is 5.10. The van der Waals surface area contributed by atoms with Crippen LogP contribution in [0.2, 0.25) is 0 Å². The summed E-state index contributed by atoms with van der Waals surface area (Å²) in [5, 5.41) is 7.63. The first kappa shape index (κ1) is 19.2. The first-order valence-electron chi connectivity index (χ1n) is 9.51. The summed E-state index contributed by atoms with van der Waals surface area (Å²) in [6.45, 7) is 6.86. The summed E-state index contributed by atoms with van der Waals surface area (Å²) < 4.78 is 1.39. The molecule has 1 aliphatic rings. The van der Waals surface area contributed by atoms with Crippen LogP contribution in [-0.4, -0.2) is 47.9 Å². The van der Waals surface area contributed by atoms with Crippen LogP contribution in [0.1, 0.15) is 18.1 Å². The van der Waals surface area contributed by atoms with E-state index >= 15 is 0 Å². The zero-order valence-corrected chi connectivity index (χ0v) is 16.5. The van der Waals surface area contributed by atoms with E-state index in [2.05, 4.69) is 51.5 Å². The normalized spacial score (nSPS) is 15.4. The minimum atomic E-state index is -0.0505. The molecule has 1 N–H and O–H groups in total. The summed E-state index contributed by atoms with van der Waals surface area (Å²) in [4.78, 5) is 17.3. The van der Waals surface area contributed by atoms with Crippen molar-refractivity contribution in [2.75, 3.05) is 43.4 Å². The van der Waals surface area contributed by atoms with Crippen molar-refractivity contribution in [1.82, 2.24) is 14.7 Å². The number of para-hydroxylation sites is 1. The second-order valence-corrected chi connectivity index (χ2v) is 7.01. The molecule has 0 aliphatic carbocycles. The zero-order chi connectivity index (χ0) is 19.2. The standard InChI is InChI=1S/C21H29N5O/c1-4-5-9-18-19(16-23-25(3)21(18)27)22-15-17-8-6-7-10-20(17)26-13-11-24(2)12-14-26/h4-8,10,16,22H,9,11-15H2,1-3H3/b5-4+. The average Bonchev–Trinajstić information content (AvgIpc) is 2.69. The molecule has 1 aromatic heterocycles. The lowest BCUT2D eigenvalue weighted by atomic mass is 10.1. The van der Waals surface area contributed by atoms with Crippen molar-refractivity contribution >= 4 is 11.4 Å². The van der Waals surface area contributed by atoms with Gasteiger partial charge in [0.25, 0.3) is 5.56 Å². The topological polar surface area (TPSA) is 53.4 Å². The quantitative estimate of drug-likeness (QED) is 0.794. The molecule has 1 fully saturated rings. The van der Waals surface area contributed by atoms with Gasteiger partial charge in [0.2, 0.25) is 0 Å². The smallest absolute Gasteiger partial charge is 0.272 e. The van der Waals surface area contributed by atoms with Gasteiger partial charge in [0.1, 0.15) is 0 Å². The predicted octanol–water partition coefficient (Wildman–Crippen LogP) is 2.26. The fourth-order valence-corrected chi connectivity index (χ4v) is 3.38. The molecule has 2 aromatic rings. The Labute approximate surface area is 161 Å². The maximum Gasteiger partial charge on any atom is 0.272 e. The van der Waals surface area contributed by atoms with Crippen LogP contribution in [0, 0.1) is 0 Å². The third kappa shape index (κ3) is 4.57. The number of likely N-dealkylation sites (N-methyl/N-ethyl adjacent to an activating group) is 1. The molecule has 0 unspecified atom stereocenters. The maximum absolute atomic E-state index is 12.5. The first-order chi connectivity index (χ1) is 13.1. The van der Waals surface area contributed by atoms with Gasteiger partial charge in [0.15, 0.2) is 0 Å². The Bertz CT molecular complexity index is 850. The highest BCUT2D eigenvalue weighted by Crippen LogP contribution is 2.23. The Morgan fingerprint density at radius 1 is 1.15 bits per heavy atom. The molecule has 27 heavy (non-hydrogen) atoms. The van der Waals surface area contributed by atoms with Crippen LogP contribution in [0.4, 0.5) is 11.4 Å². The number of aryl methyl sites for hydroxylation is 1. The highest BCUT2D eigenvalue weighted by atomic mass is 16.1. The molecule has 0 atom stereocenters. The van der Waals surface area contributed by atoms with Crippen LogP contribution in [0.25, 0.3) is 0 Å². The highest BCUT2D eigenvalue weighted by Gasteiger charge is 2.17. The molecule has 1 aromatic carbocycles. The number of allylic oxidation sites excluding steroid dienone is 2. The number of anilines is 2. The molecule has 1 aliphatic heterocycles. The summed E-state index contributed by atoms with van der Waals surface area (Å²) in [5.74, 6) is 0. The number of piperazine rings is 1. The SMILES string of the molecule is C/C=C/Cc1c(NCc2ccccc2N2CCN(C)CC2)cnn(C)c1=O. The molecule has 1 saturated heterocycles. The van der Waals surface area contributed by atoms with Gasteiger partial charge >= 0.3 is 0 Å². The molecule has 0 radical (unpaired) electrons. The molecule has 144 valence electrons. The summed E-state index contributed by atoms with van der Waals surface area (Å²) >= 11 is 0. The van der Waals surface area contributed by atoms with Crippen molar-refractivity contribution in [3.63, 3.8) is 0 Å². The number of aromatic nitrogens is 2. The van der Waals surface area contributed by atoms with Crippen LogP contribution in [0.15, 0.2) is 47.4 Å². The Kier molecular flexibility index (Phi) is 6.29. The highest BCUT2D eigenvalue weighted by molar-refractivity contribution is 5.57. The van der Waals surface area contributed by atoms with Gasteiger partial charge in [-0.05, 0) is 32.0 Å². The van der Waals surface area contributed by atoms with E-state index in [1.165, 1.54) is 15.9 Å². The van der Waals surface area contributed by atoms with Gasteiger partial charge in [-0.3, -0.25) is 4.79 Å².